The summed E-state index contributed by atoms with van der Waals surface area (Å²) in [5, 5.41) is 11.9. The number of hydrogen-bond acceptors (Lipinski definition) is 9. The molecule has 0 bridgehead atoms. The molecule has 0 aliphatic rings. The van der Waals surface area contributed by atoms with Gasteiger partial charge in [0.05, 0.1) is 24.3 Å². The van der Waals surface area contributed by atoms with Gasteiger partial charge in [0.1, 0.15) is 18.2 Å². The Kier molecular flexibility index (Phi) is 6.76. The molecule has 0 fully saturated rings. The van der Waals surface area contributed by atoms with Gasteiger partial charge in [-0.1, -0.05) is 11.2 Å². The Morgan fingerprint density at radius 1 is 1.17 bits per heavy atom. The number of carbonyl (C=O) groups is 2. The molecule has 0 aliphatic heterocycles. The van der Waals surface area contributed by atoms with E-state index in [4.69, 9.17) is 4.52 Å². The number of halogens is 1. The molecule has 0 aliphatic carbocycles. The number of amides is 2. The number of hydrogen-bond donors (Lipinski definition) is 3. The maximum Gasteiger partial charge on any atom is 0.272 e. The molecule has 35 heavy (non-hydrogen) atoms. The molecule has 2 amide bonds. The monoisotopic (exact) mass is 479 g/mol. The fraction of sp³-hybridized carbons (Fsp3) is 0.227. The van der Waals surface area contributed by atoms with Gasteiger partial charge in [0, 0.05) is 18.8 Å². The van der Waals surface area contributed by atoms with Crippen LogP contribution < -0.4 is 16.0 Å². The van der Waals surface area contributed by atoms with Crippen LogP contribution in [0.25, 0.3) is 11.3 Å². The first-order chi connectivity index (χ1) is 16.8. The molecule has 180 valence electrons. The van der Waals surface area contributed by atoms with Gasteiger partial charge in [0.2, 0.25) is 11.8 Å². The van der Waals surface area contributed by atoms with Crippen molar-refractivity contribution >= 4 is 23.5 Å². The summed E-state index contributed by atoms with van der Waals surface area (Å²) in [7, 11) is 1.61. The minimum absolute atomic E-state index is 0.0192. The number of aromatic nitrogens is 6. The molecule has 0 radical (unpaired) electrons. The Morgan fingerprint density at radius 2 is 2.00 bits per heavy atom. The van der Waals surface area contributed by atoms with E-state index in [2.05, 4.69) is 41.0 Å². The van der Waals surface area contributed by atoms with E-state index in [0.29, 0.717) is 22.9 Å². The van der Waals surface area contributed by atoms with E-state index in [-0.39, 0.29) is 36.2 Å². The molecule has 13 heteroatoms. The van der Waals surface area contributed by atoms with Crippen molar-refractivity contribution in [2.45, 2.75) is 26.9 Å². The summed E-state index contributed by atoms with van der Waals surface area (Å²) in [6.07, 6.45) is 2.89. The molecule has 0 saturated heterocycles. The molecule has 4 aromatic heterocycles. The SMILES string of the molecule is CNc1ncn(CC(=O)Nc2cccc(-c3cnc(C)c(F)c3)n2)c1C(=O)NCc1nc(C)no1. The lowest BCUT2D eigenvalue weighted by Gasteiger charge is -2.11. The Bertz CT molecular complexity index is 1380. The summed E-state index contributed by atoms with van der Waals surface area (Å²) in [6.45, 7) is 3.05. The fourth-order valence-corrected chi connectivity index (χ4v) is 3.22. The highest BCUT2D eigenvalue weighted by Crippen LogP contribution is 2.20. The van der Waals surface area contributed by atoms with Crippen molar-refractivity contribution in [2.75, 3.05) is 17.7 Å². The number of nitrogens with one attached hydrogen (secondary N) is 3. The van der Waals surface area contributed by atoms with E-state index in [1.54, 1.807) is 39.1 Å². The largest absolute Gasteiger partial charge is 0.371 e. The van der Waals surface area contributed by atoms with Crippen LogP contribution in [-0.4, -0.2) is 48.5 Å². The van der Waals surface area contributed by atoms with Gasteiger partial charge in [-0.15, -0.1) is 0 Å². The molecule has 0 unspecified atom stereocenters. The molecule has 0 spiro atoms. The van der Waals surface area contributed by atoms with Crippen LogP contribution in [0.5, 0.6) is 0 Å². The molecule has 4 heterocycles. The third kappa shape index (κ3) is 5.46. The van der Waals surface area contributed by atoms with Crippen molar-refractivity contribution in [3.63, 3.8) is 0 Å². The van der Waals surface area contributed by atoms with Crippen LogP contribution in [0.3, 0.4) is 0 Å². The van der Waals surface area contributed by atoms with Gasteiger partial charge in [0.15, 0.2) is 17.3 Å². The smallest absolute Gasteiger partial charge is 0.272 e. The Morgan fingerprint density at radius 3 is 2.71 bits per heavy atom. The third-order valence-corrected chi connectivity index (χ3v) is 4.91. The maximum atomic E-state index is 13.9. The lowest BCUT2D eigenvalue weighted by Crippen LogP contribution is -2.28. The van der Waals surface area contributed by atoms with Crippen LogP contribution in [0.2, 0.25) is 0 Å². The minimum Gasteiger partial charge on any atom is -0.371 e. The lowest BCUT2D eigenvalue weighted by molar-refractivity contribution is -0.116. The molecular formula is C22H22FN9O3. The number of pyridine rings is 2. The topological polar surface area (TPSA) is 153 Å². The predicted octanol–water partition coefficient (Wildman–Crippen LogP) is 2.09. The fourth-order valence-electron chi connectivity index (χ4n) is 3.22. The van der Waals surface area contributed by atoms with Crippen LogP contribution in [0.1, 0.15) is 27.9 Å². The quantitative estimate of drug-likeness (QED) is 0.345. The zero-order valence-electron chi connectivity index (χ0n) is 19.2. The lowest BCUT2D eigenvalue weighted by atomic mass is 10.1. The van der Waals surface area contributed by atoms with Crippen LogP contribution >= 0.6 is 0 Å². The average Bonchev–Trinajstić information content (AvgIpc) is 3.44. The van der Waals surface area contributed by atoms with Gasteiger partial charge in [0.25, 0.3) is 5.91 Å². The van der Waals surface area contributed by atoms with E-state index in [0.717, 1.165) is 0 Å². The van der Waals surface area contributed by atoms with Gasteiger partial charge in [-0.05, 0) is 32.0 Å². The highest BCUT2D eigenvalue weighted by Gasteiger charge is 2.20. The van der Waals surface area contributed by atoms with Crippen molar-refractivity contribution < 1.29 is 18.5 Å². The molecule has 0 saturated carbocycles. The number of carbonyl (C=O) groups excluding carboxylic acids is 2. The van der Waals surface area contributed by atoms with Crippen molar-refractivity contribution in [1.29, 1.82) is 0 Å². The van der Waals surface area contributed by atoms with E-state index in [9.17, 15) is 14.0 Å². The van der Waals surface area contributed by atoms with E-state index < -0.39 is 17.6 Å². The summed E-state index contributed by atoms with van der Waals surface area (Å²) in [4.78, 5) is 42.1. The normalized spacial score (nSPS) is 10.7. The van der Waals surface area contributed by atoms with Crippen molar-refractivity contribution in [2.24, 2.45) is 0 Å². The van der Waals surface area contributed by atoms with Gasteiger partial charge in [-0.3, -0.25) is 14.6 Å². The molecule has 0 aromatic carbocycles. The van der Waals surface area contributed by atoms with Crippen molar-refractivity contribution in [1.82, 2.24) is 35.0 Å². The number of rotatable bonds is 8. The standard InChI is InChI=1S/C22H22FN9O3/c1-12-15(23)7-14(8-25-12)16-5-4-6-17(29-16)30-18(33)10-32-11-27-21(24-3)20(32)22(34)26-9-19-28-13(2)31-35-19/h4-8,11,24H,9-10H2,1-3H3,(H,26,34)(H,29,30,33). The van der Waals surface area contributed by atoms with Crippen LogP contribution in [0.4, 0.5) is 16.0 Å². The van der Waals surface area contributed by atoms with Crippen LogP contribution in [-0.2, 0) is 17.9 Å². The summed E-state index contributed by atoms with van der Waals surface area (Å²) >= 11 is 0. The predicted molar refractivity (Wildman–Crippen MR) is 123 cm³/mol. The number of anilines is 2. The van der Waals surface area contributed by atoms with Crippen LogP contribution in [0, 0.1) is 19.7 Å². The highest BCUT2D eigenvalue weighted by molar-refractivity contribution is 5.98. The second kappa shape index (κ2) is 10.1. The number of aryl methyl sites for hydroxylation is 2. The Hall–Kier alpha value is -4.68. The average molecular weight is 479 g/mol. The first kappa shape index (κ1) is 23.5. The Labute approximate surface area is 199 Å². The summed E-state index contributed by atoms with van der Waals surface area (Å²) in [5.74, 6) is -0.104. The first-order valence-electron chi connectivity index (χ1n) is 10.5. The van der Waals surface area contributed by atoms with Gasteiger partial charge in [-0.2, -0.15) is 4.98 Å². The molecule has 3 N–H and O–H groups in total. The highest BCUT2D eigenvalue weighted by atomic mass is 19.1. The zero-order chi connectivity index (χ0) is 24.9. The molecule has 12 nitrogen and oxygen atoms in total. The molecule has 4 rings (SSSR count). The minimum atomic E-state index is -0.482. The second-order valence-electron chi connectivity index (χ2n) is 7.49. The van der Waals surface area contributed by atoms with Gasteiger partial charge in [-0.25, -0.2) is 14.4 Å². The number of imidazole rings is 1. The summed E-state index contributed by atoms with van der Waals surface area (Å²) < 4.78 is 20.3. The zero-order valence-corrected chi connectivity index (χ0v) is 19.2. The van der Waals surface area contributed by atoms with Gasteiger partial charge >= 0.3 is 0 Å². The van der Waals surface area contributed by atoms with E-state index in [1.807, 2.05) is 0 Å². The molecule has 4 aromatic rings. The van der Waals surface area contributed by atoms with Crippen molar-refractivity contribution in [3.8, 4) is 11.3 Å². The first-order valence-corrected chi connectivity index (χ1v) is 10.5. The van der Waals surface area contributed by atoms with E-state index >= 15 is 0 Å². The molecule has 0 atom stereocenters. The summed E-state index contributed by atoms with van der Waals surface area (Å²) in [5.41, 5.74) is 1.37. The third-order valence-electron chi connectivity index (χ3n) is 4.91. The number of nitrogens with zero attached hydrogens (tertiary/aromatic N) is 6. The van der Waals surface area contributed by atoms with Crippen molar-refractivity contribution in [3.05, 3.63) is 65.7 Å². The second-order valence-corrected chi connectivity index (χ2v) is 7.49. The van der Waals surface area contributed by atoms with Crippen LogP contribution in [0.15, 0.2) is 41.3 Å². The van der Waals surface area contributed by atoms with Gasteiger partial charge < -0.3 is 25.0 Å². The Balaban J connectivity index is 1.46. The molecular weight excluding hydrogens is 457 g/mol. The maximum absolute atomic E-state index is 13.9. The van der Waals surface area contributed by atoms with E-state index in [1.165, 1.54) is 23.2 Å². The summed E-state index contributed by atoms with van der Waals surface area (Å²) in [6, 6.07) is 6.31.